The van der Waals surface area contributed by atoms with Crippen LogP contribution in [0.3, 0.4) is 0 Å². The summed E-state index contributed by atoms with van der Waals surface area (Å²) >= 11 is 0. The van der Waals surface area contributed by atoms with Gasteiger partial charge in [0.15, 0.2) is 6.29 Å². The second kappa shape index (κ2) is 34.6. The number of aliphatic hydroxyl groups is 7. The number of carbonyl (C=O) groups is 1. The predicted octanol–water partition coefficient (Wildman–Crippen LogP) is 6.67. The molecule has 9 atom stereocenters. The van der Waals surface area contributed by atoms with E-state index in [1.165, 1.54) is 96.3 Å². The first kappa shape index (κ1) is 51.6. The monoisotopic (exact) mass is 786 g/mol. The molecule has 0 saturated carbocycles. The number of hydrogen-bond donors (Lipinski definition) is 8. The summed E-state index contributed by atoms with van der Waals surface area (Å²) in [6, 6.07) is -1.18. The highest BCUT2D eigenvalue weighted by atomic mass is 16.7. The third-order valence-electron chi connectivity index (χ3n) is 10.7. The Morgan fingerprint density at radius 2 is 1.09 bits per heavy atom. The molecule has 0 spiro atoms. The van der Waals surface area contributed by atoms with Gasteiger partial charge >= 0.3 is 0 Å². The molecule has 11 heteroatoms. The topological polar surface area (TPSA) is 189 Å². The van der Waals surface area contributed by atoms with Crippen molar-refractivity contribution in [3.05, 3.63) is 24.3 Å². The Morgan fingerprint density at radius 1 is 0.618 bits per heavy atom. The lowest BCUT2D eigenvalue weighted by molar-refractivity contribution is -0.303. The fraction of sp³-hybridized carbons (Fsp3) is 0.886. The molecule has 8 N–H and O–H groups in total. The van der Waals surface area contributed by atoms with E-state index in [4.69, 9.17) is 9.47 Å². The quantitative estimate of drug-likeness (QED) is 0.0252. The molecule has 1 saturated heterocycles. The number of allylic oxidation sites excluding steroid dienone is 4. The molecule has 1 heterocycles. The van der Waals surface area contributed by atoms with Gasteiger partial charge in [-0.3, -0.25) is 4.79 Å². The highest BCUT2D eigenvalue weighted by Gasteiger charge is 2.44. The lowest BCUT2D eigenvalue weighted by Crippen LogP contribution is -2.60. The van der Waals surface area contributed by atoms with Crippen LogP contribution in [-0.2, 0) is 14.3 Å². The maximum absolute atomic E-state index is 13.0. The van der Waals surface area contributed by atoms with E-state index in [0.29, 0.717) is 19.3 Å². The minimum absolute atomic E-state index is 0.248. The summed E-state index contributed by atoms with van der Waals surface area (Å²) in [5.41, 5.74) is 0. The van der Waals surface area contributed by atoms with Gasteiger partial charge in [0.05, 0.1) is 25.4 Å². The van der Waals surface area contributed by atoms with Crippen LogP contribution in [0, 0.1) is 0 Å². The molecule has 1 amide bonds. The number of rotatable bonds is 36. The number of unbranched alkanes of at least 4 members (excludes halogenated alkanes) is 20. The molecule has 55 heavy (non-hydrogen) atoms. The summed E-state index contributed by atoms with van der Waals surface area (Å²) in [6.07, 6.45) is 25.4. The van der Waals surface area contributed by atoms with Gasteiger partial charge in [-0.15, -0.1) is 0 Å². The average molecular weight is 786 g/mol. The van der Waals surface area contributed by atoms with Crippen molar-refractivity contribution in [1.82, 2.24) is 5.32 Å². The fourth-order valence-corrected chi connectivity index (χ4v) is 6.98. The summed E-state index contributed by atoms with van der Waals surface area (Å²) in [4.78, 5) is 13.0. The van der Waals surface area contributed by atoms with Crippen molar-refractivity contribution in [2.24, 2.45) is 0 Å². The largest absolute Gasteiger partial charge is 0.394 e. The molecule has 0 bridgehead atoms. The van der Waals surface area contributed by atoms with E-state index >= 15 is 0 Å². The normalized spacial score (nSPS) is 22.7. The Hall–Kier alpha value is -1.41. The number of hydrogen-bond acceptors (Lipinski definition) is 10. The van der Waals surface area contributed by atoms with Crippen LogP contribution in [0.25, 0.3) is 0 Å². The third-order valence-corrected chi connectivity index (χ3v) is 10.7. The van der Waals surface area contributed by atoms with Crippen molar-refractivity contribution in [3.8, 4) is 0 Å². The molecule has 11 nitrogen and oxygen atoms in total. The lowest BCUT2D eigenvalue weighted by Gasteiger charge is -2.40. The van der Waals surface area contributed by atoms with E-state index in [1.807, 2.05) is 0 Å². The zero-order valence-corrected chi connectivity index (χ0v) is 34.7. The van der Waals surface area contributed by atoms with Crippen LogP contribution in [0.15, 0.2) is 24.3 Å². The van der Waals surface area contributed by atoms with Gasteiger partial charge in [-0.2, -0.15) is 0 Å². The minimum Gasteiger partial charge on any atom is -0.394 e. The van der Waals surface area contributed by atoms with Crippen LogP contribution in [0.4, 0.5) is 0 Å². The van der Waals surface area contributed by atoms with Crippen LogP contribution in [0.5, 0.6) is 0 Å². The van der Waals surface area contributed by atoms with E-state index in [-0.39, 0.29) is 12.8 Å². The van der Waals surface area contributed by atoms with Crippen LogP contribution < -0.4 is 5.32 Å². The Balaban J connectivity index is 2.46. The van der Waals surface area contributed by atoms with Gasteiger partial charge in [-0.05, 0) is 51.4 Å². The average Bonchev–Trinajstić information content (AvgIpc) is 3.18. The van der Waals surface area contributed by atoms with Gasteiger partial charge in [-0.25, -0.2) is 0 Å². The SMILES string of the molecule is CCCCCCCCCCCCC/C=C/CC/C=C/CCCC(O)C(O)C(COC1OC(CO)C(O)C(O)C1O)NC(=O)C(O)CCCCCCCCCC. The summed E-state index contributed by atoms with van der Waals surface area (Å²) < 4.78 is 11.0. The lowest BCUT2D eigenvalue weighted by atomic mass is 9.98. The molecule has 1 aliphatic rings. The third kappa shape index (κ3) is 24.9. The van der Waals surface area contributed by atoms with Crippen molar-refractivity contribution >= 4 is 5.91 Å². The maximum atomic E-state index is 13.0. The Bertz CT molecular complexity index is 950. The van der Waals surface area contributed by atoms with E-state index in [2.05, 4.69) is 43.5 Å². The van der Waals surface area contributed by atoms with Crippen LogP contribution in [0.2, 0.25) is 0 Å². The first-order valence-corrected chi connectivity index (χ1v) is 22.2. The van der Waals surface area contributed by atoms with Gasteiger partial charge in [-0.1, -0.05) is 154 Å². The predicted molar refractivity (Wildman–Crippen MR) is 219 cm³/mol. The van der Waals surface area contributed by atoms with E-state index in [9.17, 15) is 40.5 Å². The summed E-state index contributed by atoms with van der Waals surface area (Å²) in [5, 5.41) is 75.3. The van der Waals surface area contributed by atoms with Crippen molar-refractivity contribution in [2.75, 3.05) is 13.2 Å². The number of carbonyl (C=O) groups excluding carboxylic acids is 1. The molecule has 1 fully saturated rings. The number of nitrogens with one attached hydrogen (secondary N) is 1. The van der Waals surface area contributed by atoms with Crippen molar-refractivity contribution in [1.29, 1.82) is 0 Å². The second-order valence-corrected chi connectivity index (χ2v) is 15.8. The molecule has 0 aromatic heterocycles. The number of amides is 1. The molecule has 1 rings (SSSR count). The number of aliphatic hydroxyl groups excluding tert-OH is 7. The highest BCUT2D eigenvalue weighted by Crippen LogP contribution is 2.23. The molecule has 9 unspecified atom stereocenters. The molecule has 0 aromatic carbocycles. The van der Waals surface area contributed by atoms with E-state index in [1.54, 1.807) is 0 Å². The zero-order valence-electron chi connectivity index (χ0n) is 34.7. The molecule has 0 aromatic rings. The highest BCUT2D eigenvalue weighted by molar-refractivity contribution is 5.80. The zero-order chi connectivity index (χ0) is 40.5. The van der Waals surface area contributed by atoms with Crippen LogP contribution >= 0.6 is 0 Å². The fourth-order valence-electron chi connectivity index (χ4n) is 6.98. The van der Waals surface area contributed by atoms with Crippen LogP contribution in [-0.4, -0.2) is 110 Å². The summed E-state index contributed by atoms with van der Waals surface area (Å²) in [6.45, 7) is 3.36. The standard InChI is InChI=1S/C44H83NO10/c1-3-5-7-9-11-13-14-15-16-17-18-19-20-21-22-23-24-26-27-29-31-36(47)39(49)35(34-54-44-42(52)41(51)40(50)38(33-46)55-44)45-43(53)37(48)32-30-28-25-12-10-8-6-4-2/h20-21,24,26,35-42,44,46-52H,3-19,22-23,25,27-34H2,1-2H3,(H,45,53)/b21-20+,26-24+. The van der Waals surface area contributed by atoms with Gasteiger partial charge in [0.2, 0.25) is 5.91 Å². The second-order valence-electron chi connectivity index (χ2n) is 15.8. The van der Waals surface area contributed by atoms with Gasteiger partial charge in [0.1, 0.15) is 36.6 Å². The number of ether oxygens (including phenoxy) is 2. The molecule has 324 valence electrons. The van der Waals surface area contributed by atoms with Gasteiger partial charge in [0, 0.05) is 0 Å². The molecular weight excluding hydrogens is 702 g/mol. The smallest absolute Gasteiger partial charge is 0.249 e. The Morgan fingerprint density at radius 3 is 1.62 bits per heavy atom. The maximum Gasteiger partial charge on any atom is 0.249 e. The minimum atomic E-state index is -1.67. The van der Waals surface area contributed by atoms with E-state index < -0.39 is 74.2 Å². The van der Waals surface area contributed by atoms with Crippen LogP contribution in [0.1, 0.15) is 181 Å². The van der Waals surface area contributed by atoms with Crippen molar-refractivity contribution in [3.63, 3.8) is 0 Å². The molecular formula is C44H83NO10. The van der Waals surface area contributed by atoms with Gasteiger partial charge in [0.25, 0.3) is 0 Å². The van der Waals surface area contributed by atoms with Crippen molar-refractivity contribution < 1.29 is 50.0 Å². The first-order chi connectivity index (χ1) is 26.7. The Labute approximate surface area is 334 Å². The van der Waals surface area contributed by atoms with Gasteiger partial charge < -0.3 is 50.5 Å². The summed E-state index contributed by atoms with van der Waals surface area (Å²) in [5.74, 6) is -0.715. The van der Waals surface area contributed by atoms with Crippen molar-refractivity contribution in [2.45, 2.75) is 236 Å². The first-order valence-electron chi connectivity index (χ1n) is 22.2. The molecule has 1 aliphatic heterocycles. The summed E-state index contributed by atoms with van der Waals surface area (Å²) in [7, 11) is 0. The molecule has 0 radical (unpaired) electrons. The molecule has 0 aliphatic carbocycles. The Kier molecular flexibility index (Phi) is 32.5. The van der Waals surface area contributed by atoms with E-state index in [0.717, 1.165) is 38.5 Å².